The summed E-state index contributed by atoms with van der Waals surface area (Å²) in [6.45, 7) is -0.607. The molecule has 4 aromatic rings. The molecule has 0 unspecified atom stereocenters. The smallest absolute Gasteiger partial charge is 0.267 e. The van der Waals surface area contributed by atoms with Crippen molar-refractivity contribution in [3.8, 4) is 0 Å². The van der Waals surface area contributed by atoms with E-state index in [-0.39, 0.29) is 17.4 Å². The predicted molar refractivity (Wildman–Crippen MR) is 165 cm³/mol. The number of benzene rings is 4. The third kappa shape index (κ3) is 5.16. The van der Waals surface area contributed by atoms with Crippen molar-refractivity contribution in [2.75, 3.05) is 5.75 Å². The van der Waals surface area contributed by atoms with Crippen molar-refractivity contribution in [2.24, 2.45) is 9.98 Å². The largest absolute Gasteiger partial charge is 0.282 e. The molecule has 1 heterocycles. The lowest BCUT2D eigenvalue weighted by Gasteiger charge is -2.33. The number of rotatable bonds is 7. The standard InChI is InChI=1S/C31H26N3O3PS/c1-2-22-39-31-28(30(35)32-29(33-31)23-18-20-24(21-19-23)34(36)37)38(25-12-6-3-7-13-25,26-14-8-4-9-15-26)27-16-10-5-11-17-27/h3-21H,2,22H2,1H3. The van der Waals surface area contributed by atoms with Crippen LogP contribution in [0.25, 0.3) is 0 Å². The minimum absolute atomic E-state index is 0.0273. The summed E-state index contributed by atoms with van der Waals surface area (Å²) in [6.07, 6.45) is 0.905. The summed E-state index contributed by atoms with van der Waals surface area (Å²) < 4.78 is 0. The number of hydrogen-bond donors (Lipinski definition) is 0. The van der Waals surface area contributed by atoms with Gasteiger partial charge in [0, 0.05) is 17.7 Å². The first-order valence-electron chi connectivity index (χ1n) is 12.6. The van der Waals surface area contributed by atoms with Crippen LogP contribution in [0.1, 0.15) is 18.9 Å². The minimum atomic E-state index is -2.70. The van der Waals surface area contributed by atoms with E-state index < -0.39 is 11.8 Å². The van der Waals surface area contributed by atoms with Gasteiger partial charge in [0.25, 0.3) is 11.6 Å². The molecule has 0 atom stereocenters. The Kier molecular flexibility index (Phi) is 8.01. The van der Waals surface area contributed by atoms with Crippen LogP contribution in [0.5, 0.6) is 0 Å². The Bertz CT molecular complexity index is 1520. The van der Waals surface area contributed by atoms with Gasteiger partial charge in [-0.1, -0.05) is 97.9 Å². The van der Waals surface area contributed by atoms with Gasteiger partial charge in [-0.15, -0.1) is 11.8 Å². The molecule has 4 aromatic carbocycles. The lowest BCUT2D eigenvalue weighted by Crippen LogP contribution is -2.38. The molecule has 1 amide bonds. The fourth-order valence-corrected chi connectivity index (χ4v) is 10.2. The maximum atomic E-state index is 14.3. The van der Waals surface area contributed by atoms with E-state index in [1.165, 1.54) is 12.1 Å². The van der Waals surface area contributed by atoms with E-state index in [1.54, 1.807) is 23.9 Å². The zero-order valence-corrected chi connectivity index (χ0v) is 23.0. The average Bonchev–Trinajstić information content (AvgIpc) is 2.99. The fourth-order valence-electron chi connectivity index (χ4n) is 4.65. The molecule has 194 valence electrons. The lowest BCUT2D eigenvalue weighted by atomic mass is 10.2. The number of amides is 1. The number of carbonyl (C=O) groups is 1. The van der Waals surface area contributed by atoms with Crippen LogP contribution in [0.4, 0.5) is 5.69 Å². The molecule has 0 fully saturated rings. The maximum Gasteiger partial charge on any atom is 0.282 e. The van der Waals surface area contributed by atoms with Crippen molar-refractivity contribution in [3.05, 3.63) is 131 Å². The van der Waals surface area contributed by atoms with Gasteiger partial charge < -0.3 is 0 Å². The van der Waals surface area contributed by atoms with Crippen LogP contribution in [0.2, 0.25) is 0 Å². The summed E-state index contributed by atoms with van der Waals surface area (Å²) in [5, 5.41) is 15.6. The van der Waals surface area contributed by atoms with E-state index >= 15 is 0 Å². The van der Waals surface area contributed by atoms with E-state index in [0.29, 0.717) is 15.9 Å². The number of aliphatic imine (C=N–C) groups is 2. The zero-order valence-electron chi connectivity index (χ0n) is 21.3. The Morgan fingerprint density at radius 3 is 1.67 bits per heavy atom. The summed E-state index contributed by atoms with van der Waals surface area (Å²) >= 11 is 1.56. The Morgan fingerprint density at radius 1 is 0.744 bits per heavy atom. The van der Waals surface area contributed by atoms with Gasteiger partial charge in [-0.3, -0.25) is 14.9 Å². The number of non-ortho nitro benzene ring substituents is 1. The molecular formula is C31H26N3O3PS. The minimum Gasteiger partial charge on any atom is -0.267 e. The Morgan fingerprint density at radius 2 is 1.23 bits per heavy atom. The first kappa shape index (κ1) is 26.5. The predicted octanol–water partition coefficient (Wildman–Crippen LogP) is 5.59. The molecule has 0 N–H and O–H groups in total. The van der Waals surface area contributed by atoms with Crippen LogP contribution in [0.3, 0.4) is 0 Å². The van der Waals surface area contributed by atoms with E-state index in [0.717, 1.165) is 28.1 Å². The van der Waals surface area contributed by atoms with Crippen molar-refractivity contribution >= 4 is 62.3 Å². The molecular weight excluding hydrogens is 525 g/mol. The van der Waals surface area contributed by atoms with Crippen LogP contribution in [-0.2, 0) is 4.79 Å². The van der Waals surface area contributed by atoms with Gasteiger partial charge >= 0.3 is 0 Å². The summed E-state index contributed by atoms with van der Waals surface area (Å²) in [6, 6.07) is 36.5. The molecule has 0 aliphatic carbocycles. The molecule has 1 aliphatic rings. The maximum absolute atomic E-state index is 14.3. The SMILES string of the molecule is CCCSC1=NC(c2ccc([N+](=O)[O-])cc2)=NC(=O)C1=P(c1ccccc1)(c1ccccc1)c1ccccc1. The van der Waals surface area contributed by atoms with Crippen LogP contribution in [0, 0.1) is 10.1 Å². The lowest BCUT2D eigenvalue weighted by molar-refractivity contribution is -0.384. The number of carbonyl (C=O) groups excluding carboxylic acids is 1. The van der Waals surface area contributed by atoms with E-state index in [4.69, 9.17) is 4.99 Å². The third-order valence-corrected chi connectivity index (χ3v) is 12.0. The number of hydrogen-bond acceptors (Lipinski definition) is 5. The van der Waals surface area contributed by atoms with E-state index in [9.17, 15) is 14.9 Å². The molecule has 0 bridgehead atoms. The molecule has 0 saturated carbocycles. The number of nitro groups is 1. The zero-order chi connectivity index (χ0) is 27.2. The average molecular weight is 552 g/mol. The van der Waals surface area contributed by atoms with Crippen molar-refractivity contribution in [2.45, 2.75) is 13.3 Å². The fraction of sp³-hybridized carbons (Fsp3) is 0.0968. The molecule has 6 nitrogen and oxygen atoms in total. The Labute approximate surface area is 231 Å². The Hall–Kier alpha value is -4.06. The highest BCUT2D eigenvalue weighted by atomic mass is 32.2. The number of amidine groups is 1. The van der Waals surface area contributed by atoms with Crippen molar-refractivity contribution < 1.29 is 9.72 Å². The van der Waals surface area contributed by atoms with Crippen LogP contribution < -0.4 is 15.9 Å². The molecule has 39 heavy (non-hydrogen) atoms. The first-order chi connectivity index (χ1) is 19.1. The topological polar surface area (TPSA) is 84.9 Å². The second-order valence-electron chi connectivity index (χ2n) is 8.84. The number of nitrogens with zero attached hydrogens (tertiary/aromatic N) is 3. The highest BCUT2D eigenvalue weighted by Crippen LogP contribution is 2.48. The van der Waals surface area contributed by atoms with Crippen LogP contribution >= 0.6 is 18.6 Å². The number of thioether (sulfide) groups is 1. The quantitative estimate of drug-likeness (QED) is 0.170. The second-order valence-corrected chi connectivity index (χ2v) is 13.3. The van der Waals surface area contributed by atoms with Gasteiger partial charge in [0.15, 0.2) is 5.84 Å². The summed E-state index contributed by atoms with van der Waals surface area (Å²) in [4.78, 5) is 34.5. The van der Waals surface area contributed by atoms with Gasteiger partial charge in [0.05, 0.1) is 10.2 Å². The van der Waals surface area contributed by atoms with Crippen LogP contribution in [0.15, 0.2) is 125 Å². The monoisotopic (exact) mass is 551 g/mol. The van der Waals surface area contributed by atoms with Gasteiger partial charge in [-0.05, 0) is 47.1 Å². The normalized spacial score (nSPS) is 13.6. The molecule has 0 aromatic heterocycles. The molecule has 0 spiro atoms. The first-order valence-corrected chi connectivity index (χ1v) is 15.4. The summed E-state index contributed by atoms with van der Waals surface area (Å²) in [7, 11) is 0. The van der Waals surface area contributed by atoms with Crippen molar-refractivity contribution in [1.29, 1.82) is 0 Å². The van der Waals surface area contributed by atoms with Gasteiger partial charge in [0.2, 0.25) is 0 Å². The molecule has 0 saturated heterocycles. The molecule has 8 heteroatoms. The van der Waals surface area contributed by atoms with E-state index in [2.05, 4.69) is 48.3 Å². The highest BCUT2D eigenvalue weighted by molar-refractivity contribution is 8.18. The van der Waals surface area contributed by atoms with E-state index in [1.807, 2.05) is 54.6 Å². The summed E-state index contributed by atoms with van der Waals surface area (Å²) in [5.74, 6) is 0.716. The van der Waals surface area contributed by atoms with Gasteiger partial charge in [-0.2, -0.15) is 4.99 Å². The van der Waals surface area contributed by atoms with Crippen LogP contribution in [-0.4, -0.2) is 32.8 Å². The Balaban J connectivity index is 1.86. The highest BCUT2D eigenvalue weighted by Gasteiger charge is 2.37. The van der Waals surface area contributed by atoms with Crippen molar-refractivity contribution in [3.63, 3.8) is 0 Å². The third-order valence-electron chi connectivity index (χ3n) is 6.37. The summed E-state index contributed by atoms with van der Waals surface area (Å²) in [5.41, 5.74) is 0.533. The van der Waals surface area contributed by atoms with Gasteiger partial charge in [-0.25, -0.2) is 4.99 Å². The molecule has 5 rings (SSSR count). The molecule has 1 aliphatic heterocycles. The van der Waals surface area contributed by atoms with Crippen molar-refractivity contribution in [1.82, 2.24) is 0 Å². The second kappa shape index (κ2) is 11.8. The number of nitro benzene ring substituents is 1. The molecule has 0 radical (unpaired) electrons. The van der Waals surface area contributed by atoms with Gasteiger partial charge in [0.1, 0.15) is 5.04 Å².